The lowest BCUT2D eigenvalue weighted by Gasteiger charge is -2.32. The van der Waals surface area contributed by atoms with Gasteiger partial charge in [-0.15, -0.1) is 10.2 Å². The lowest BCUT2D eigenvalue weighted by atomic mass is 10.1. The van der Waals surface area contributed by atoms with Crippen LogP contribution in [-0.2, 0) is 0 Å². The van der Waals surface area contributed by atoms with Crippen LogP contribution in [0, 0.1) is 0 Å². The first-order chi connectivity index (χ1) is 11.7. The third-order valence-electron chi connectivity index (χ3n) is 4.01. The van der Waals surface area contributed by atoms with Crippen molar-refractivity contribution in [2.24, 2.45) is 0 Å². The Bertz CT molecular complexity index is 705. The second kappa shape index (κ2) is 7.48. The van der Waals surface area contributed by atoms with Gasteiger partial charge in [0.15, 0.2) is 0 Å². The summed E-state index contributed by atoms with van der Waals surface area (Å²) < 4.78 is 5.14. The highest BCUT2D eigenvalue weighted by atomic mass is 32.1. The van der Waals surface area contributed by atoms with Crippen LogP contribution in [0.3, 0.4) is 0 Å². The first-order valence-corrected chi connectivity index (χ1v) is 8.79. The summed E-state index contributed by atoms with van der Waals surface area (Å²) >= 11 is 1.40. The fourth-order valence-corrected chi connectivity index (χ4v) is 3.59. The molecule has 8 heteroatoms. The summed E-state index contributed by atoms with van der Waals surface area (Å²) in [5, 5.41) is 15.1. The normalized spacial score (nSPS) is 17.4. The van der Waals surface area contributed by atoms with Gasteiger partial charge in [0, 0.05) is 24.3 Å². The van der Waals surface area contributed by atoms with Gasteiger partial charge in [-0.2, -0.15) is 0 Å². The number of nitrogens with zero attached hydrogens (tertiary/aromatic N) is 3. The summed E-state index contributed by atoms with van der Waals surface area (Å²) in [7, 11) is 1.59. The number of hydrogen-bond acceptors (Lipinski definition) is 6. The lowest BCUT2D eigenvalue weighted by Crippen LogP contribution is -2.37. The number of piperidine rings is 1. The van der Waals surface area contributed by atoms with Crippen molar-refractivity contribution in [3.05, 3.63) is 24.3 Å². The molecule has 7 nitrogen and oxygen atoms in total. The van der Waals surface area contributed by atoms with Gasteiger partial charge in [0.25, 0.3) is 0 Å². The van der Waals surface area contributed by atoms with Gasteiger partial charge in [0.1, 0.15) is 5.75 Å². The molecule has 2 N–H and O–H groups in total. The predicted octanol–water partition coefficient (Wildman–Crippen LogP) is 3.57. The molecule has 0 spiro atoms. The fraction of sp³-hybridized carbons (Fsp3) is 0.438. The first kappa shape index (κ1) is 16.5. The van der Waals surface area contributed by atoms with Crippen molar-refractivity contribution < 1.29 is 9.53 Å². The van der Waals surface area contributed by atoms with Crippen LogP contribution in [0.4, 0.5) is 20.7 Å². The molecular weight excluding hydrogens is 326 g/mol. The topological polar surface area (TPSA) is 79.4 Å². The summed E-state index contributed by atoms with van der Waals surface area (Å²) in [4.78, 5) is 14.3. The number of carbonyl (C=O) groups excluding carboxylic acids is 1. The highest BCUT2D eigenvalue weighted by Gasteiger charge is 2.22. The van der Waals surface area contributed by atoms with E-state index in [4.69, 9.17) is 4.74 Å². The molecular formula is C16H21N5O2S. The van der Waals surface area contributed by atoms with Crippen molar-refractivity contribution in [1.82, 2.24) is 10.2 Å². The van der Waals surface area contributed by atoms with Gasteiger partial charge >= 0.3 is 6.03 Å². The molecule has 1 aliphatic heterocycles. The summed E-state index contributed by atoms with van der Waals surface area (Å²) in [6, 6.07) is 7.29. The summed E-state index contributed by atoms with van der Waals surface area (Å²) in [6.07, 6.45) is 3.59. The van der Waals surface area contributed by atoms with Gasteiger partial charge < -0.3 is 15.0 Å². The zero-order valence-electron chi connectivity index (χ0n) is 13.8. The van der Waals surface area contributed by atoms with Crippen LogP contribution in [-0.4, -0.2) is 35.9 Å². The molecule has 1 aromatic carbocycles. The number of hydrogen-bond donors (Lipinski definition) is 2. The maximum Gasteiger partial charge on any atom is 0.325 e. The van der Waals surface area contributed by atoms with Gasteiger partial charge in [-0.3, -0.25) is 5.32 Å². The van der Waals surface area contributed by atoms with Crippen LogP contribution < -0.4 is 20.3 Å². The quantitative estimate of drug-likeness (QED) is 0.884. The van der Waals surface area contributed by atoms with E-state index in [9.17, 15) is 4.79 Å². The molecule has 1 unspecified atom stereocenters. The highest BCUT2D eigenvalue weighted by molar-refractivity contribution is 7.19. The van der Waals surface area contributed by atoms with Crippen molar-refractivity contribution in [3.8, 4) is 5.75 Å². The zero-order valence-corrected chi connectivity index (χ0v) is 14.6. The standard InChI is InChI=1S/C16H21N5O2S/c1-11-6-3-4-9-21(11)16-20-19-15(24-16)18-14(22)17-12-7-5-8-13(10-12)23-2/h5,7-8,10-11H,3-4,6,9H2,1-2H3,(H2,17,18,19,22). The van der Waals surface area contributed by atoms with Crippen LogP contribution in [0.25, 0.3) is 0 Å². The van der Waals surface area contributed by atoms with Crippen LogP contribution in [0.1, 0.15) is 26.2 Å². The minimum absolute atomic E-state index is 0.349. The Hall–Kier alpha value is -2.35. The molecule has 0 saturated carbocycles. The molecule has 3 rings (SSSR count). The van der Waals surface area contributed by atoms with E-state index in [1.807, 2.05) is 12.1 Å². The minimum atomic E-state index is -0.349. The molecule has 1 atom stereocenters. The predicted molar refractivity (Wildman–Crippen MR) is 96.2 cm³/mol. The number of ether oxygens (including phenoxy) is 1. The van der Waals surface area contributed by atoms with Crippen molar-refractivity contribution in [1.29, 1.82) is 0 Å². The Morgan fingerprint density at radius 1 is 1.33 bits per heavy atom. The van der Waals surface area contributed by atoms with Gasteiger partial charge in [-0.05, 0) is 38.3 Å². The summed E-state index contributed by atoms with van der Waals surface area (Å²) in [5.41, 5.74) is 0.654. The molecule has 0 bridgehead atoms. The van der Waals surface area contributed by atoms with Gasteiger partial charge in [-0.1, -0.05) is 17.4 Å². The molecule has 2 amide bonds. The average molecular weight is 347 g/mol. The Balaban J connectivity index is 1.60. The smallest absolute Gasteiger partial charge is 0.325 e. The molecule has 0 aliphatic carbocycles. The van der Waals surface area contributed by atoms with Gasteiger partial charge in [-0.25, -0.2) is 4.79 Å². The van der Waals surface area contributed by atoms with E-state index in [-0.39, 0.29) is 6.03 Å². The molecule has 1 saturated heterocycles. The van der Waals surface area contributed by atoms with Crippen LogP contribution >= 0.6 is 11.3 Å². The van der Waals surface area contributed by atoms with Gasteiger partial charge in [0.05, 0.1) is 7.11 Å². The second-order valence-electron chi connectivity index (χ2n) is 5.74. The van der Waals surface area contributed by atoms with E-state index in [0.717, 1.165) is 11.7 Å². The second-order valence-corrected chi connectivity index (χ2v) is 6.70. The number of methoxy groups -OCH3 is 1. The van der Waals surface area contributed by atoms with Crippen molar-refractivity contribution in [3.63, 3.8) is 0 Å². The molecule has 1 fully saturated rings. The van der Waals surface area contributed by atoms with E-state index < -0.39 is 0 Å². The molecule has 24 heavy (non-hydrogen) atoms. The van der Waals surface area contributed by atoms with Gasteiger partial charge in [0.2, 0.25) is 10.3 Å². The summed E-state index contributed by atoms with van der Waals surface area (Å²) in [5.74, 6) is 0.685. The van der Waals surface area contributed by atoms with Crippen LogP contribution in [0.5, 0.6) is 5.75 Å². The number of urea groups is 1. The Labute approximate surface area is 145 Å². The molecule has 1 aromatic heterocycles. The minimum Gasteiger partial charge on any atom is -0.497 e. The fourth-order valence-electron chi connectivity index (χ4n) is 2.72. The van der Waals surface area contributed by atoms with Crippen LogP contribution in [0.15, 0.2) is 24.3 Å². The van der Waals surface area contributed by atoms with Crippen molar-refractivity contribution >= 4 is 33.3 Å². The number of amides is 2. The number of aromatic nitrogens is 2. The number of carbonyl (C=O) groups is 1. The molecule has 2 heterocycles. The molecule has 128 valence electrons. The highest BCUT2D eigenvalue weighted by Crippen LogP contribution is 2.29. The Kier molecular flexibility index (Phi) is 5.14. The van der Waals surface area contributed by atoms with Crippen LogP contribution in [0.2, 0.25) is 0 Å². The Morgan fingerprint density at radius 2 is 2.21 bits per heavy atom. The third kappa shape index (κ3) is 3.94. The van der Waals surface area contributed by atoms with E-state index in [2.05, 4.69) is 32.7 Å². The summed E-state index contributed by atoms with van der Waals surface area (Å²) in [6.45, 7) is 3.19. The van der Waals surface area contributed by atoms with Crippen molar-refractivity contribution in [2.75, 3.05) is 29.2 Å². The number of rotatable bonds is 4. The molecule has 1 aliphatic rings. The third-order valence-corrected chi connectivity index (χ3v) is 4.89. The first-order valence-electron chi connectivity index (χ1n) is 7.98. The number of benzene rings is 1. The molecule has 2 aromatic rings. The van der Waals surface area contributed by atoms with Crippen molar-refractivity contribution in [2.45, 2.75) is 32.2 Å². The largest absolute Gasteiger partial charge is 0.497 e. The maximum atomic E-state index is 12.1. The van der Waals surface area contributed by atoms with E-state index >= 15 is 0 Å². The Morgan fingerprint density at radius 3 is 3.00 bits per heavy atom. The monoisotopic (exact) mass is 347 g/mol. The average Bonchev–Trinajstić information content (AvgIpc) is 3.03. The van der Waals surface area contributed by atoms with E-state index in [0.29, 0.717) is 22.6 Å². The van der Waals surface area contributed by atoms with E-state index in [1.165, 1.54) is 30.6 Å². The lowest BCUT2D eigenvalue weighted by molar-refractivity contribution is 0.262. The van der Waals surface area contributed by atoms with E-state index in [1.54, 1.807) is 19.2 Å². The number of anilines is 3. The SMILES string of the molecule is COc1cccc(NC(=O)Nc2nnc(N3CCCCC3C)s2)c1. The zero-order chi connectivity index (χ0) is 16.9. The maximum absolute atomic E-state index is 12.1. The molecule has 0 radical (unpaired) electrons. The number of nitrogens with one attached hydrogen (secondary N) is 2.